The molecule has 0 atom stereocenters. The summed E-state index contributed by atoms with van der Waals surface area (Å²) in [6, 6.07) is 11.7. The Morgan fingerprint density at radius 2 is 2.00 bits per heavy atom. The van der Waals surface area contributed by atoms with Gasteiger partial charge in [-0.1, -0.05) is 18.2 Å². The van der Waals surface area contributed by atoms with Crippen molar-refractivity contribution < 1.29 is 13.2 Å². The van der Waals surface area contributed by atoms with Crippen molar-refractivity contribution in [3.05, 3.63) is 64.3 Å². The highest BCUT2D eigenvalue weighted by Crippen LogP contribution is 2.24. The summed E-state index contributed by atoms with van der Waals surface area (Å²) in [4.78, 5) is 11.9. The lowest BCUT2D eigenvalue weighted by Gasteiger charge is -2.12. The van der Waals surface area contributed by atoms with E-state index in [1.165, 1.54) is 12.1 Å². The van der Waals surface area contributed by atoms with Crippen molar-refractivity contribution in [2.75, 3.05) is 10.0 Å². The standard InChI is InChI=1S/C18H19IN2O3S/c1-3-4-8-18(22)20-14-6-5-7-15(12-14)25(23,24)21-17-11-13(2)9-10-16(17)19/h3,5-7,9-12,21H,1,4,8H2,2H3,(H,20,22). The quantitative estimate of drug-likeness (QED) is 0.468. The van der Waals surface area contributed by atoms with Crippen molar-refractivity contribution in [3.63, 3.8) is 0 Å². The number of amides is 1. The van der Waals surface area contributed by atoms with Crippen LogP contribution in [0.15, 0.2) is 60.0 Å². The van der Waals surface area contributed by atoms with Gasteiger partial charge < -0.3 is 5.32 Å². The number of halogens is 1. The number of allylic oxidation sites excluding steroid dienone is 1. The Bertz CT molecular complexity index is 895. The second-order valence-corrected chi connectivity index (χ2v) is 8.34. The van der Waals surface area contributed by atoms with E-state index in [2.05, 4.69) is 39.2 Å². The molecule has 2 aromatic carbocycles. The van der Waals surface area contributed by atoms with E-state index in [1.807, 2.05) is 19.1 Å². The lowest BCUT2D eigenvalue weighted by molar-refractivity contribution is -0.116. The highest BCUT2D eigenvalue weighted by atomic mass is 127. The maximum absolute atomic E-state index is 12.6. The second-order valence-electron chi connectivity index (χ2n) is 5.49. The number of carbonyl (C=O) groups is 1. The van der Waals surface area contributed by atoms with Crippen LogP contribution < -0.4 is 10.0 Å². The van der Waals surface area contributed by atoms with Gasteiger partial charge >= 0.3 is 0 Å². The maximum Gasteiger partial charge on any atom is 0.262 e. The summed E-state index contributed by atoms with van der Waals surface area (Å²) in [5.41, 5.74) is 1.93. The molecule has 0 heterocycles. The van der Waals surface area contributed by atoms with Gasteiger partial charge in [0.15, 0.2) is 0 Å². The molecule has 0 saturated carbocycles. The Balaban J connectivity index is 2.22. The van der Waals surface area contributed by atoms with E-state index in [-0.39, 0.29) is 10.8 Å². The zero-order chi connectivity index (χ0) is 18.4. The fourth-order valence-electron chi connectivity index (χ4n) is 2.12. The number of benzene rings is 2. The molecule has 0 spiro atoms. The number of anilines is 2. The van der Waals surface area contributed by atoms with E-state index < -0.39 is 10.0 Å². The van der Waals surface area contributed by atoms with Crippen LogP contribution in [0, 0.1) is 10.5 Å². The highest BCUT2D eigenvalue weighted by Gasteiger charge is 2.16. The predicted molar refractivity (Wildman–Crippen MR) is 109 cm³/mol. The Morgan fingerprint density at radius 1 is 1.24 bits per heavy atom. The summed E-state index contributed by atoms with van der Waals surface area (Å²) >= 11 is 2.08. The van der Waals surface area contributed by atoms with E-state index in [0.29, 0.717) is 24.2 Å². The molecular weight excluding hydrogens is 451 g/mol. The molecule has 25 heavy (non-hydrogen) atoms. The van der Waals surface area contributed by atoms with E-state index in [0.717, 1.165) is 9.13 Å². The molecule has 2 aromatic rings. The van der Waals surface area contributed by atoms with Crippen LogP contribution >= 0.6 is 22.6 Å². The van der Waals surface area contributed by atoms with Gasteiger partial charge in [-0.2, -0.15) is 0 Å². The number of sulfonamides is 1. The monoisotopic (exact) mass is 470 g/mol. The van der Waals surface area contributed by atoms with Gasteiger partial charge in [0.25, 0.3) is 10.0 Å². The third-order valence-electron chi connectivity index (χ3n) is 3.37. The van der Waals surface area contributed by atoms with Crippen molar-refractivity contribution in [2.24, 2.45) is 0 Å². The van der Waals surface area contributed by atoms with Crippen LogP contribution in [0.25, 0.3) is 0 Å². The van der Waals surface area contributed by atoms with Crippen LogP contribution in [-0.4, -0.2) is 14.3 Å². The zero-order valence-corrected chi connectivity index (χ0v) is 16.7. The summed E-state index contributed by atoms with van der Waals surface area (Å²) in [6.07, 6.45) is 2.53. The number of nitrogens with one attached hydrogen (secondary N) is 2. The van der Waals surface area contributed by atoms with Crippen LogP contribution in [0.3, 0.4) is 0 Å². The average molecular weight is 470 g/mol. The SMILES string of the molecule is C=CCCC(=O)Nc1cccc(S(=O)(=O)Nc2cc(C)ccc2I)c1. The molecule has 0 radical (unpaired) electrons. The van der Waals surface area contributed by atoms with Crippen molar-refractivity contribution in [1.82, 2.24) is 0 Å². The minimum atomic E-state index is -3.75. The molecule has 0 fully saturated rings. The molecule has 2 N–H and O–H groups in total. The summed E-state index contributed by atoms with van der Waals surface area (Å²) in [5, 5.41) is 2.69. The van der Waals surface area contributed by atoms with Gasteiger partial charge in [-0.25, -0.2) is 8.42 Å². The first-order valence-corrected chi connectivity index (χ1v) is 10.2. The number of carbonyl (C=O) groups excluding carboxylic acids is 1. The molecule has 0 aliphatic carbocycles. The fourth-order valence-corrected chi connectivity index (χ4v) is 3.89. The molecule has 2 rings (SSSR count). The van der Waals surface area contributed by atoms with Crippen LogP contribution in [0.4, 0.5) is 11.4 Å². The van der Waals surface area contributed by atoms with Gasteiger partial charge in [-0.3, -0.25) is 9.52 Å². The Labute approximate surface area is 161 Å². The van der Waals surface area contributed by atoms with Crippen LogP contribution in [-0.2, 0) is 14.8 Å². The van der Waals surface area contributed by atoms with Crippen LogP contribution in [0.2, 0.25) is 0 Å². The number of rotatable bonds is 7. The first-order valence-electron chi connectivity index (χ1n) is 7.61. The Kier molecular flexibility index (Phi) is 6.60. The first-order chi connectivity index (χ1) is 11.8. The van der Waals surface area contributed by atoms with E-state index >= 15 is 0 Å². The van der Waals surface area contributed by atoms with Gasteiger partial charge in [0, 0.05) is 15.7 Å². The topological polar surface area (TPSA) is 75.3 Å². The van der Waals surface area contributed by atoms with Crippen LogP contribution in [0.1, 0.15) is 18.4 Å². The molecule has 7 heteroatoms. The highest BCUT2D eigenvalue weighted by molar-refractivity contribution is 14.1. The average Bonchev–Trinajstić information content (AvgIpc) is 2.56. The van der Waals surface area contributed by atoms with Gasteiger partial charge in [0.2, 0.25) is 5.91 Å². The summed E-state index contributed by atoms with van der Waals surface area (Å²) < 4.78 is 28.7. The molecule has 0 saturated heterocycles. The van der Waals surface area contributed by atoms with Crippen molar-refractivity contribution >= 4 is 49.9 Å². The van der Waals surface area contributed by atoms with Crippen LogP contribution in [0.5, 0.6) is 0 Å². The number of aryl methyl sites for hydroxylation is 1. The summed E-state index contributed by atoms with van der Waals surface area (Å²) in [5.74, 6) is -0.185. The molecule has 0 unspecified atom stereocenters. The van der Waals surface area contributed by atoms with Gasteiger partial charge in [0.1, 0.15) is 0 Å². The largest absolute Gasteiger partial charge is 0.326 e. The predicted octanol–water partition coefficient (Wildman–Crippen LogP) is 4.31. The molecule has 0 bridgehead atoms. The third kappa shape index (κ3) is 5.57. The van der Waals surface area contributed by atoms with E-state index in [4.69, 9.17) is 0 Å². The first kappa shape index (κ1) is 19.5. The molecule has 0 aromatic heterocycles. The lowest BCUT2D eigenvalue weighted by Crippen LogP contribution is -2.15. The normalized spacial score (nSPS) is 11.0. The summed E-state index contributed by atoms with van der Waals surface area (Å²) in [7, 11) is -3.75. The molecule has 0 aliphatic rings. The zero-order valence-electron chi connectivity index (χ0n) is 13.8. The van der Waals surface area contributed by atoms with Crippen molar-refractivity contribution in [3.8, 4) is 0 Å². The van der Waals surface area contributed by atoms with Gasteiger partial charge in [-0.05, 0) is 71.8 Å². The molecule has 1 amide bonds. The molecule has 5 nitrogen and oxygen atoms in total. The number of hydrogen-bond acceptors (Lipinski definition) is 3. The van der Waals surface area contributed by atoms with E-state index in [9.17, 15) is 13.2 Å². The smallest absolute Gasteiger partial charge is 0.262 e. The van der Waals surface area contributed by atoms with Gasteiger partial charge in [-0.15, -0.1) is 6.58 Å². The molecule has 132 valence electrons. The summed E-state index contributed by atoms with van der Waals surface area (Å²) in [6.45, 7) is 5.47. The third-order valence-corrected chi connectivity index (χ3v) is 5.67. The van der Waals surface area contributed by atoms with Crippen molar-refractivity contribution in [1.29, 1.82) is 0 Å². The van der Waals surface area contributed by atoms with Gasteiger partial charge in [0.05, 0.1) is 10.6 Å². The number of hydrogen-bond donors (Lipinski definition) is 2. The Hall–Kier alpha value is -1.87. The molecule has 0 aliphatic heterocycles. The Morgan fingerprint density at radius 3 is 2.72 bits per heavy atom. The lowest BCUT2D eigenvalue weighted by atomic mass is 10.2. The molecular formula is C18H19IN2O3S. The van der Waals surface area contributed by atoms with Crippen molar-refractivity contribution in [2.45, 2.75) is 24.7 Å². The van der Waals surface area contributed by atoms with E-state index in [1.54, 1.807) is 24.3 Å². The minimum Gasteiger partial charge on any atom is -0.326 e. The maximum atomic E-state index is 12.6. The fraction of sp³-hybridized carbons (Fsp3) is 0.167. The second kappa shape index (κ2) is 8.48. The minimum absolute atomic E-state index is 0.0892.